The highest BCUT2D eigenvalue weighted by Crippen LogP contribution is 2.36. The molecule has 0 spiro atoms. The van der Waals surface area contributed by atoms with Gasteiger partial charge in [-0.2, -0.15) is 0 Å². The van der Waals surface area contributed by atoms with Gasteiger partial charge in [-0.15, -0.1) is 0 Å². The molecular weight excluding hydrogens is 316 g/mol. The lowest BCUT2D eigenvalue weighted by Gasteiger charge is -2.31. The zero-order valence-electron chi connectivity index (χ0n) is 14.4. The summed E-state index contributed by atoms with van der Waals surface area (Å²) in [6.45, 7) is 4.58. The number of benzene rings is 1. The smallest absolute Gasteiger partial charge is 0.408 e. The summed E-state index contributed by atoms with van der Waals surface area (Å²) in [5, 5.41) is 2.41. The molecule has 0 bridgehead atoms. The van der Waals surface area contributed by atoms with Gasteiger partial charge in [0.15, 0.2) is 5.78 Å². The molecule has 0 aliphatic rings. The maximum Gasteiger partial charge on any atom is 0.408 e. The molecule has 2 unspecified atom stereocenters. The summed E-state index contributed by atoms with van der Waals surface area (Å²) < 4.78 is 31.7. The predicted octanol–water partition coefficient (Wildman–Crippen LogP) is 4.33. The summed E-state index contributed by atoms with van der Waals surface area (Å²) in [6, 6.07) is 8.07. The van der Waals surface area contributed by atoms with E-state index in [9.17, 15) is 18.4 Å². The largest absolute Gasteiger partial charge is 0.445 e. The van der Waals surface area contributed by atoms with Gasteiger partial charge in [0.1, 0.15) is 6.61 Å². The molecule has 0 fully saturated rings. The van der Waals surface area contributed by atoms with Crippen molar-refractivity contribution in [2.75, 3.05) is 0 Å². The van der Waals surface area contributed by atoms with Crippen LogP contribution in [-0.2, 0) is 16.1 Å². The van der Waals surface area contributed by atoms with Crippen LogP contribution in [0.15, 0.2) is 30.3 Å². The van der Waals surface area contributed by atoms with Crippen molar-refractivity contribution in [1.29, 1.82) is 0 Å². The SMILES string of the molecule is CCCC(C)(CC(NC(=O)OCc1ccccc1)C(C)=O)C(F)F. The number of halogens is 2. The predicted molar refractivity (Wildman–Crippen MR) is 87.9 cm³/mol. The number of nitrogens with one attached hydrogen (secondary N) is 1. The fourth-order valence-electron chi connectivity index (χ4n) is 2.54. The van der Waals surface area contributed by atoms with Crippen LogP contribution < -0.4 is 5.32 Å². The summed E-state index contributed by atoms with van der Waals surface area (Å²) in [5.74, 6) is -0.366. The number of hydrogen-bond donors (Lipinski definition) is 1. The van der Waals surface area contributed by atoms with Crippen molar-refractivity contribution < 1.29 is 23.1 Å². The fourth-order valence-corrected chi connectivity index (χ4v) is 2.54. The minimum atomic E-state index is -2.57. The number of carbonyl (C=O) groups is 2. The molecule has 0 aliphatic carbocycles. The number of amides is 1. The minimum Gasteiger partial charge on any atom is -0.445 e. The van der Waals surface area contributed by atoms with Gasteiger partial charge in [0.05, 0.1) is 6.04 Å². The molecular formula is C18H25F2NO3. The third-order valence-electron chi connectivity index (χ3n) is 4.01. The third-order valence-corrected chi connectivity index (χ3v) is 4.01. The maximum absolute atomic E-state index is 13.3. The second-order valence-electron chi connectivity index (χ2n) is 6.28. The van der Waals surface area contributed by atoms with E-state index in [0.29, 0.717) is 6.42 Å². The summed E-state index contributed by atoms with van der Waals surface area (Å²) in [7, 11) is 0. The van der Waals surface area contributed by atoms with Gasteiger partial charge in [-0.05, 0) is 25.3 Å². The molecule has 2 atom stereocenters. The van der Waals surface area contributed by atoms with Gasteiger partial charge in [-0.3, -0.25) is 4.79 Å². The molecule has 0 saturated heterocycles. The quantitative estimate of drug-likeness (QED) is 0.727. The first-order valence-electron chi connectivity index (χ1n) is 8.04. The van der Waals surface area contributed by atoms with E-state index in [1.165, 1.54) is 13.8 Å². The highest BCUT2D eigenvalue weighted by Gasteiger charge is 2.38. The second-order valence-corrected chi connectivity index (χ2v) is 6.28. The summed E-state index contributed by atoms with van der Waals surface area (Å²) >= 11 is 0. The van der Waals surface area contributed by atoms with Gasteiger partial charge >= 0.3 is 6.09 Å². The minimum absolute atomic E-state index is 0.0539. The topological polar surface area (TPSA) is 55.4 Å². The van der Waals surface area contributed by atoms with Crippen LogP contribution >= 0.6 is 0 Å². The number of rotatable bonds is 9. The van der Waals surface area contributed by atoms with Crippen LogP contribution in [0.2, 0.25) is 0 Å². The van der Waals surface area contributed by atoms with Crippen molar-refractivity contribution in [3.63, 3.8) is 0 Å². The van der Waals surface area contributed by atoms with Crippen molar-refractivity contribution in [2.45, 2.75) is 59.1 Å². The highest BCUT2D eigenvalue weighted by atomic mass is 19.3. The first kappa shape index (κ1) is 20.1. The first-order chi connectivity index (χ1) is 11.3. The molecule has 1 aromatic rings. The number of hydrogen-bond acceptors (Lipinski definition) is 3. The van der Waals surface area contributed by atoms with Gasteiger partial charge in [0.2, 0.25) is 6.43 Å². The Labute approximate surface area is 141 Å². The molecule has 134 valence electrons. The Kier molecular flexibility index (Phi) is 7.82. The molecule has 0 aliphatic heterocycles. The fraction of sp³-hybridized carbons (Fsp3) is 0.556. The van der Waals surface area contributed by atoms with E-state index in [1.807, 2.05) is 25.1 Å². The average Bonchev–Trinajstić information content (AvgIpc) is 2.53. The van der Waals surface area contributed by atoms with Crippen molar-refractivity contribution in [3.8, 4) is 0 Å². The Morgan fingerprint density at radius 3 is 2.38 bits per heavy atom. The third kappa shape index (κ3) is 6.26. The molecule has 6 heteroatoms. The zero-order chi connectivity index (χ0) is 18.2. The number of Topliss-reactive ketones (excluding diaryl/α,β-unsaturated/α-hetero) is 1. The molecule has 1 N–H and O–H groups in total. The maximum atomic E-state index is 13.3. The Bertz CT molecular complexity index is 536. The molecule has 0 saturated carbocycles. The number of ketones is 1. The Morgan fingerprint density at radius 2 is 1.88 bits per heavy atom. The van der Waals surface area contributed by atoms with Crippen molar-refractivity contribution in [2.24, 2.45) is 5.41 Å². The van der Waals surface area contributed by atoms with E-state index in [4.69, 9.17) is 4.74 Å². The van der Waals surface area contributed by atoms with E-state index in [0.717, 1.165) is 5.56 Å². The Morgan fingerprint density at radius 1 is 1.25 bits per heavy atom. The van der Waals surface area contributed by atoms with Gasteiger partial charge in [0.25, 0.3) is 0 Å². The number of carbonyl (C=O) groups excluding carboxylic acids is 2. The molecule has 1 rings (SSSR count). The van der Waals surface area contributed by atoms with E-state index >= 15 is 0 Å². The number of alkyl carbamates (subject to hydrolysis) is 1. The second kappa shape index (κ2) is 9.35. The van der Waals surface area contributed by atoms with Crippen LogP contribution in [0, 0.1) is 5.41 Å². The lowest BCUT2D eigenvalue weighted by Crippen LogP contribution is -2.45. The lowest BCUT2D eigenvalue weighted by atomic mass is 9.79. The summed E-state index contributed by atoms with van der Waals surface area (Å²) in [4.78, 5) is 23.6. The number of ether oxygens (including phenoxy) is 1. The monoisotopic (exact) mass is 341 g/mol. The van der Waals surface area contributed by atoms with Crippen LogP contribution in [0.4, 0.5) is 13.6 Å². The first-order valence-corrected chi connectivity index (χ1v) is 8.04. The molecule has 1 aromatic carbocycles. The highest BCUT2D eigenvalue weighted by molar-refractivity contribution is 5.85. The van der Waals surface area contributed by atoms with Crippen LogP contribution in [0.3, 0.4) is 0 Å². The van der Waals surface area contributed by atoms with Crippen molar-refractivity contribution in [1.82, 2.24) is 5.32 Å². The van der Waals surface area contributed by atoms with Gasteiger partial charge in [-0.1, -0.05) is 50.6 Å². The molecule has 0 aromatic heterocycles. The molecule has 0 heterocycles. The normalized spacial score (nSPS) is 14.8. The Hall–Kier alpha value is -1.98. The van der Waals surface area contributed by atoms with Crippen LogP contribution in [-0.4, -0.2) is 24.3 Å². The van der Waals surface area contributed by atoms with Crippen molar-refractivity contribution >= 4 is 11.9 Å². The van der Waals surface area contributed by atoms with Gasteiger partial charge in [-0.25, -0.2) is 13.6 Å². The van der Waals surface area contributed by atoms with E-state index in [1.54, 1.807) is 12.1 Å². The summed E-state index contributed by atoms with van der Waals surface area (Å²) in [6.07, 6.45) is -2.62. The zero-order valence-corrected chi connectivity index (χ0v) is 14.4. The van der Waals surface area contributed by atoms with Crippen LogP contribution in [0.5, 0.6) is 0 Å². The Balaban J connectivity index is 2.64. The standard InChI is InChI=1S/C18H25F2NO3/c1-4-10-18(3,16(19)20)11-15(13(2)22)21-17(23)24-12-14-8-6-5-7-9-14/h5-9,15-16H,4,10-12H2,1-3H3,(H,21,23). The van der Waals surface area contributed by atoms with Crippen LogP contribution in [0.25, 0.3) is 0 Å². The van der Waals surface area contributed by atoms with E-state index < -0.39 is 24.0 Å². The van der Waals surface area contributed by atoms with Gasteiger partial charge in [0, 0.05) is 5.41 Å². The van der Waals surface area contributed by atoms with E-state index in [-0.39, 0.29) is 25.2 Å². The van der Waals surface area contributed by atoms with E-state index in [2.05, 4.69) is 5.32 Å². The molecule has 4 nitrogen and oxygen atoms in total. The molecule has 24 heavy (non-hydrogen) atoms. The van der Waals surface area contributed by atoms with Crippen molar-refractivity contribution in [3.05, 3.63) is 35.9 Å². The number of alkyl halides is 2. The average molecular weight is 341 g/mol. The lowest BCUT2D eigenvalue weighted by molar-refractivity contribution is -0.120. The van der Waals surface area contributed by atoms with Gasteiger partial charge < -0.3 is 10.1 Å². The molecule has 1 amide bonds. The van der Waals surface area contributed by atoms with Crippen LogP contribution in [0.1, 0.15) is 45.6 Å². The molecule has 0 radical (unpaired) electrons. The summed E-state index contributed by atoms with van der Waals surface area (Å²) in [5.41, 5.74) is -0.520.